The minimum absolute atomic E-state index is 0.0423. The summed E-state index contributed by atoms with van der Waals surface area (Å²) in [5, 5.41) is 4.91. The van der Waals surface area contributed by atoms with E-state index in [1.165, 1.54) is 0 Å². The van der Waals surface area contributed by atoms with Gasteiger partial charge in [-0.25, -0.2) is 8.42 Å². The number of anilines is 1. The Bertz CT molecular complexity index is 817. The third kappa shape index (κ3) is 3.27. The number of hydrogen-bond acceptors (Lipinski definition) is 3. The van der Waals surface area contributed by atoms with E-state index in [9.17, 15) is 13.2 Å². The molecule has 2 aromatic carbocycles. The first-order valence-electron chi connectivity index (χ1n) is 6.64. The van der Waals surface area contributed by atoms with Crippen molar-refractivity contribution in [2.75, 3.05) is 16.8 Å². The average Bonchev–Trinajstić information content (AvgIpc) is 2.79. The number of nitrogens with one attached hydrogen (secondary N) is 1. The Morgan fingerprint density at radius 3 is 2.57 bits per heavy atom. The van der Waals surface area contributed by atoms with E-state index in [0.29, 0.717) is 12.1 Å². The Balaban J connectivity index is 1.79. The monoisotopic (exact) mass is 367 g/mol. The first kappa shape index (κ1) is 14.5. The molecule has 110 valence electrons. The number of carbonyl (C=O) groups excluding carboxylic acids is 1. The molecule has 1 heterocycles. The molecule has 0 radical (unpaired) electrons. The van der Waals surface area contributed by atoms with Gasteiger partial charge in [0, 0.05) is 10.2 Å². The highest BCUT2D eigenvalue weighted by Gasteiger charge is 2.32. The second kappa shape index (κ2) is 5.42. The molecule has 1 atom stereocenters. The van der Waals surface area contributed by atoms with Crippen molar-refractivity contribution in [2.24, 2.45) is 5.92 Å². The molecule has 0 aromatic heterocycles. The predicted octanol–water partition coefficient (Wildman–Crippen LogP) is 2.98. The Morgan fingerprint density at radius 1 is 1.14 bits per heavy atom. The van der Waals surface area contributed by atoms with Crippen LogP contribution in [-0.2, 0) is 14.6 Å². The average molecular weight is 368 g/mol. The summed E-state index contributed by atoms with van der Waals surface area (Å²) < 4.78 is 23.8. The fourth-order valence-electron chi connectivity index (χ4n) is 2.54. The van der Waals surface area contributed by atoms with Crippen molar-refractivity contribution in [3.63, 3.8) is 0 Å². The number of amides is 1. The maximum Gasteiger partial charge on any atom is 0.228 e. The molecule has 1 unspecified atom stereocenters. The third-order valence-electron chi connectivity index (χ3n) is 3.67. The zero-order chi connectivity index (χ0) is 15.0. The molecule has 1 fully saturated rings. The van der Waals surface area contributed by atoms with Crippen LogP contribution in [0.15, 0.2) is 40.9 Å². The molecular weight excluding hydrogens is 354 g/mol. The molecule has 4 nitrogen and oxygen atoms in total. The van der Waals surface area contributed by atoms with Gasteiger partial charge < -0.3 is 5.32 Å². The second-order valence-electron chi connectivity index (χ2n) is 5.30. The quantitative estimate of drug-likeness (QED) is 0.887. The van der Waals surface area contributed by atoms with E-state index in [4.69, 9.17) is 0 Å². The van der Waals surface area contributed by atoms with Crippen LogP contribution in [-0.4, -0.2) is 25.8 Å². The van der Waals surface area contributed by atoms with Crippen LogP contribution in [0.4, 0.5) is 5.69 Å². The van der Waals surface area contributed by atoms with Gasteiger partial charge in [-0.2, -0.15) is 0 Å². The minimum atomic E-state index is -3.04. The van der Waals surface area contributed by atoms with Gasteiger partial charge in [0.05, 0.1) is 17.4 Å². The molecule has 1 N–H and O–H groups in total. The van der Waals surface area contributed by atoms with Gasteiger partial charge in [0.15, 0.2) is 9.84 Å². The van der Waals surface area contributed by atoms with Crippen molar-refractivity contribution in [3.05, 3.63) is 40.9 Å². The van der Waals surface area contributed by atoms with E-state index in [0.717, 1.165) is 15.2 Å². The van der Waals surface area contributed by atoms with Crippen molar-refractivity contribution >= 4 is 48.1 Å². The summed E-state index contributed by atoms with van der Waals surface area (Å²) in [5.41, 5.74) is 0.694. The molecule has 1 aliphatic rings. The normalized spacial score (nSPS) is 20.5. The number of carbonyl (C=O) groups is 1. The molecule has 1 amide bonds. The molecule has 1 saturated heterocycles. The van der Waals surface area contributed by atoms with Crippen LogP contribution < -0.4 is 5.32 Å². The summed E-state index contributed by atoms with van der Waals surface area (Å²) in [5.74, 6) is -0.584. The van der Waals surface area contributed by atoms with Crippen LogP contribution in [0.25, 0.3) is 10.8 Å². The van der Waals surface area contributed by atoms with Crippen LogP contribution in [0.3, 0.4) is 0 Å². The first-order chi connectivity index (χ1) is 9.93. The van der Waals surface area contributed by atoms with Crippen molar-refractivity contribution in [1.82, 2.24) is 0 Å². The number of rotatable bonds is 2. The van der Waals surface area contributed by atoms with Crippen LogP contribution in [0, 0.1) is 5.92 Å². The minimum Gasteiger partial charge on any atom is -0.326 e. The van der Waals surface area contributed by atoms with E-state index in [-0.39, 0.29) is 17.4 Å². The van der Waals surface area contributed by atoms with Crippen molar-refractivity contribution in [2.45, 2.75) is 6.42 Å². The largest absolute Gasteiger partial charge is 0.326 e. The molecule has 1 aliphatic heterocycles. The van der Waals surface area contributed by atoms with E-state index >= 15 is 0 Å². The molecule has 0 bridgehead atoms. The molecule has 0 spiro atoms. The number of fused-ring (bicyclic) bond motifs is 1. The first-order valence-corrected chi connectivity index (χ1v) is 9.25. The van der Waals surface area contributed by atoms with Crippen LogP contribution in [0.1, 0.15) is 6.42 Å². The fraction of sp³-hybridized carbons (Fsp3) is 0.267. The highest BCUT2D eigenvalue weighted by molar-refractivity contribution is 9.10. The van der Waals surface area contributed by atoms with Gasteiger partial charge in [-0.05, 0) is 41.5 Å². The molecule has 2 aromatic rings. The maximum atomic E-state index is 12.1. The van der Waals surface area contributed by atoms with E-state index in [2.05, 4.69) is 21.2 Å². The summed E-state index contributed by atoms with van der Waals surface area (Å²) in [7, 11) is -3.04. The van der Waals surface area contributed by atoms with Gasteiger partial charge in [-0.3, -0.25) is 4.79 Å². The molecule has 6 heteroatoms. The Morgan fingerprint density at radius 2 is 1.86 bits per heavy atom. The van der Waals surface area contributed by atoms with Crippen molar-refractivity contribution in [1.29, 1.82) is 0 Å². The van der Waals surface area contributed by atoms with E-state index in [1.807, 2.05) is 36.4 Å². The summed E-state index contributed by atoms with van der Waals surface area (Å²) in [6.07, 6.45) is 0.411. The molecule has 0 saturated carbocycles. The summed E-state index contributed by atoms with van der Waals surface area (Å²) in [6.45, 7) is 0. The van der Waals surface area contributed by atoms with Crippen molar-refractivity contribution in [3.8, 4) is 0 Å². The standard InChI is InChI=1S/C15H14BrNO3S/c16-13-3-1-11-8-14(4-2-10(11)7-13)17-15(18)12-5-6-21(19,20)9-12/h1-4,7-8,12H,5-6,9H2,(H,17,18). The van der Waals surface area contributed by atoms with Gasteiger partial charge >= 0.3 is 0 Å². The fourth-order valence-corrected chi connectivity index (χ4v) is 4.66. The Kier molecular flexibility index (Phi) is 3.75. The van der Waals surface area contributed by atoms with E-state index in [1.54, 1.807) is 0 Å². The predicted molar refractivity (Wildman–Crippen MR) is 87.0 cm³/mol. The Labute approximate surface area is 131 Å². The maximum absolute atomic E-state index is 12.1. The van der Waals surface area contributed by atoms with Crippen molar-refractivity contribution < 1.29 is 13.2 Å². The van der Waals surface area contributed by atoms with Crippen LogP contribution in [0.2, 0.25) is 0 Å². The zero-order valence-corrected chi connectivity index (χ0v) is 13.6. The van der Waals surface area contributed by atoms with Crippen LogP contribution in [0.5, 0.6) is 0 Å². The molecule has 3 rings (SSSR count). The number of halogens is 1. The third-order valence-corrected chi connectivity index (χ3v) is 5.93. The van der Waals surface area contributed by atoms with Gasteiger partial charge in [0.1, 0.15) is 0 Å². The topological polar surface area (TPSA) is 63.2 Å². The summed E-state index contributed by atoms with van der Waals surface area (Å²) >= 11 is 3.42. The zero-order valence-electron chi connectivity index (χ0n) is 11.2. The smallest absolute Gasteiger partial charge is 0.228 e. The number of hydrogen-bond donors (Lipinski definition) is 1. The SMILES string of the molecule is O=C(Nc1ccc2cc(Br)ccc2c1)C1CCS(=O)(=O)C1. The second-order valence-corrected chi connectivity index (χ2v) is 8.44. The number of sulfone groups is 1. The highest BCUT2D eigenvalue weighted by Crippen LogP contribution is 2.24. The summed E-state index contributed by atoms with van der Waals surface area (Å²) in [4.78, 5) is 12.1. The lowest BCUT2D eigenvalue weighted by atomic mass is 10.1. The Hall–Kier alpha value is -1.40. The van der Waals surface area contributed by atoms with Gasteiger partial charge in [-0.1, -0.05) is 28.1 Å². The molecule has 21 heavy (non-hydrogen) atoms. The molecular formula is C15H14BrNO3S. The highest BCUT2D eigenvalue weighted by atomic mass is 79.9. The lowest BCUT2D eigenvalue weighted by Gasteiger charge is -2.10. The molecule has 0 aliphatic carbocycles. The van der Waals surface area contributed by atoms with Gasteiger partial charge in [0.25, 0.3) is 0 Å². The van der Waals surface area contributed by atoms with Crippen LogP contribution >= 0.6 is 15.9 Å². The van der Waals surface area contributed by atoms with Gasteiger partial charge in [0.2, 0.25) is 5.91 Å². The van der Waals surface area contributed by atoms with E-state index < -0.39 is 15.8 Å². The number of benzene rings is 2. The van der Waals surface area contributed by atoms with Gasteiger partial charge in [-0.15, -0.1) is 0 Å². The lowest BCUT2D eigenvalue weighted by Crippen LogP contribution is -2.23. The lowest BCUT2D eigenvalue weighted by molar-refractivity contribution is -0.119. The summed E-state index contributed by atoms with van der Waals surface area (Å²) in [6, 6.07) is 11.6.